The van der Waals surface area contributed by atoms with Crippen LogP contribution in [0.3, 0.4) is 0 Å². The lowest BCUT2D eigenvalue weighted by atomic mass is 9.92. The second kappa shape index (κ2) is 4.84. The summed E-state index contributed by atoms with van der Waals surface area (Å²) in [5, 5.41) is 2.97. The SMILES string of the molecule is CC(C)(C)OC(=O)N[C@@H]1CCN(C2CCC2)C1. The molecule has 0 bridgehead atoms. The molecule has 4 heteroatoms. The van der Waals surface area contributed by atoms with E-state index in [0.29, 0.717) is 0 Å². The molecule has 1 saturated heterocycles. The fraction of sp³-hybridized carbons (Fsp3) is 0.923. The summed E-state index contributed by atoms with van der Waals surface area (Å²) >= 11 is 0. The second-order valence-electron chi connectivity index (χ2n) is 6.21. The van der Waals surface area contributed by atoms with Gasteiger partial charge < -0.3 is 10.1 Å². The molecule has 1 saturated carbocycles. The van der Waals surface area contributed by atoms with Gasteiger partial charge in [-0.15, -0.1) is 0 Å². The second-order valence-corrected chi connectivity index (χ2v) is 6.21. The van der Waals surface area contributed by atoms with Crippen LogP contribution in [0.25, 0.3) is 0 Å². The van der Waals surface area contributed by atoms with E-state index in [1.54, 1.807) is 0 Å². The monoisotopic (exact) mass is 240 g/mol. The topological polar surface area (TPSA) is 41.6 Å². The van der Waals surface area contributed by atoms with Gasteiger partial charge in [0.25, 0.3) is 0 Å². The highest BCUT2D eigenvalue weighted by molar-refractivity contribution is 5.68. The summed E-state index contributed by atoms with van der Waals surface area (Å²) in [6, 6.07) is 1.05. The lowest BCUT2D eigenvalue weighted by Crippen LogP contribution is -2.43. The Kier molecular flexibility index (Phi) is 3.61. The maximum atomic E-state index is 11.6. The van der Waals surface area contributed by atoms with Crippen LogP contribution in [0.2, 0.25) is 0 Å². The van der Waals surface area contributed by atoms with Crippen molar-refractivity contribution < 1.29 is 9.53 Å². The molecule has 0 aromatic carbocycles. The molecule has 2 aliphatic rings. The average molecular weight is 240 g/mol. The summed E-state index contributed by atoms with van der Waals surface area (Å²) in [6.45, 7) is 7.78. The first-order valence-electron chi connectivity index (χ1n) is 6.67. The van der Waals surface area contributed by atoms with Gasteiger partial charge in [-0.1, -0.05) is 6.42 Å². The molecule has 0 unspecified atom stereocenters. The predicted octanol–water partition coefficient (Wildman–Crippen LogP) is 2.14. The van der Waals surface area contributed by atoms with E-state index in [4.69, 9.17) is 4.74 Å². The Bertz CT molecular complexity index is 282. The van der Waals surface area contributed by atoms with Crippen molar-refractivity contribution in [2.45, 2.75) is 64.1 Å². The molecule has 0 spiro atoms. The van der Waals surface area contributed by atoms with Crippen molar-refractivity contribution in [3.8, 4) is 0 Å². The van der Waals surface area contributed by atoms with Crippen molar-refractivity contribution in [3.05, 3.63) is 0 Å². The number of nitrogens with zero attached hydrogens (tertiary/aromatic N) is 1. The van der Waals surface area contributed by atoms with E-state index in [0.717, 1.165) is 25.6 Å². The van der Waals surface area contributed by atoms with E-state index in [1.165, 1.54) is 19.3 Å². The Morgan fingerprint density at radius 1 is 1.29 bits per heavy atom. The summed E-state index contributed by atoms with van der Waals surface area (Å²) in [7, 11) is 0. The number of ether oxygens (including phenoxy) is 1. The Morgan fingerprint density at radius 3 is 2.53 bits per heavy atom. The van der Waals surface area contributed by atoms with Crippen LogP contribution >= 0.6 is 0 Å². The van der Waals surface area contributed by atoms with Gasteiger partial charge in [-0.05, 0) is 40.0 Å². The molecule has 1 aliphatic heterocycles. The zero-order valence-corrected chi connectivity index (χ0v) is 11.2. The van der Waals surface area contributed by atoms with Crippen molar-refractivity contribution in [1.29, 1.82) is 0 Å². The van der Waals surface area contributed by atoms with Crippen molar-refractivity contribution in [2.75, 3.05) is 13.1 Å². The molecular weight excluding hydrogens is 216 g/mol. The summed E-state index contributed by atoms with van der Waals surface area (Å²) in [5.74, 6) is 0. The number of amides is 1. The van der Waals surface area contributed by atoms with E-state index in [1.807, 2.05) is 20.8 Å². The Hall–Kier alpha value is -0.770. The Balaban J connectivity index is 1.71. The van der Waals surface area contributed by atoms with Crippen LogP contribution in [0, 0.1) is 0 Å². The minimum Gasteiger partial charge on any atom is -0.444 e. The molecule has 1 amide bonds. The van der Waals surface area contributed by atoms with Crippen LogP contribution in [0.5, 0.6) is 0 Å². The maximum absolute atomic E-state index is 11.6. The molecule has 1 heterocycles. The molecule has 1 N–H and O–H groups in total. The van der Waals surface area contributed by atoms with Crippen molar-refractivity contribution >= 4 is 6.09 Å². The molecular formula is C13H24N2O2. The van der Waals surface area contributed by atoms with Gasteiger partial charge in [0.1, 0.15) is 5.60 Å². The highest BCUT2D eigenvalue weighted by Crippen LogP contribution is 2.27. The Labute approximate surface area is 104 Å². The molecule has 98 valence electrons. The first-order valence-corrected chi connectivity index (χ1v) is 6.67. The van der Waals surface area contributed by atoms with Gasteiger partial charge in [-0.3, -0.25) is 4.90 Å². The van der Waals surface area contributed by atoms with E-state index in [9.17, 15) is 4.79 Å². The summed E-state index contributed by atoms with van der Waals surface area (Å²) in [4.78, 5) is 14.1. The molecule has 17 heavy (non-hydrogen) atoms. The van der Waals surface area contributed by atoms with Crippen molar-refractivity contribution in [1.82, 2.24) is 10.2 Å². The van der Waals surface area contributed by atoms with Gasteiger partial charge >= 0.3 is 6.09 Å². The van der Waals surface area contributed by atoms with Crippen LogP contribution < -0.4 is 5.32 Å². The molecule has 0 radical (unpaired) electrons. The zero-order chi connectivity index (χ0) is 12.5. The van der Waals surface area contributed by atoms with Crippen LogP contribution in [-0.2, 0) is 4.74 Å². The van der Waals surface area contributed by atoms with Gasteiger partial charge in [0.15, 0.2) is 0 Å². The molecule has 2 fully saturated rings. The minimum atomic E-state index is -0.406. The number of likely N-dealkylation sites (tertiary alicyclic amines) is 1. The van der Waals surface area contributed by atoms with Gasteiger partial charge in [0.2, 0.25) is 0 Å². The third kappa shape index (κ3) is 3.60. The van der Waals surface area contributed by atoms with Gasteiger partial charge in [0, 0.05) is 25.2 Å². The molecule has 1 atom stereocenters. The quantitative estimate of drug-likeness (QED) is 0.804. The lowest BCUT2D eigenvalue weighted by molar-refractivity contribution is 0.0502. The van der Waals surface area contributed by atoms with Gasteiger partial charge in [0.05, 0.1) is 0 Å². The number of nitrogens with one attached hydrogen (secondary N) is 1. The molecule has 0 aromatic heterocycles. The van der Waals surface area contributed by atoms with E-state index in [-0.39, 0.29) is 12.1 Å². The zero-order valence-electron chi connectivity index (χ0n) is 11.2. The molecule has 1 aliphatic carbocycles. The fourth-order valence-corrected chi connectivity index (χ4v) is 2.46. The first kappa shape index (κ1) is 12.7. The van der Waals surface area contributed by atoms with E-state index < -0.39 is 5.60 Å². The number of rotatable bonds is 2. The fourth-order valence-electron chi connectivity index (χ4n) is 2.46. The smallest absolute Gasteiger partial charge is 0.407 e. The number of alkyl carbamates (subject to hydrolysis) is 1. The van der Waals surface area contributed by atoms with Crippen molar-refractivity contribution in [2.24, 2.45) is 0 Å². The largest absolute Gasteiger partial charge is 0.444 e. The standard InChI is InChI=1S/C13H24N2O2/c1-13(2,3)17-12(16)14-10-7-8-15(9-10)11-5-4-6-11/h10-11H,4-9H2,1-3H3,(H,14,16)/t10-/m1/s1. The number of carbonyl (C=O) groups excluding carboxylic acids is 1. The highest BCUT2D eigenvalue weighted by Gasteiger charge is 2.32. The summed E-state index contributed by atoms with van der Waals surface area (Å²) < 4.78 is 5.27. The molecule has 0 aromatic rings. The first-order chi connectivity index (χ1) is 7.94. The average Bonchev–Trinajstić information content (AvgIpc) is 2.45. The van der Waals surface area contributed by atoms with Crippen LogP contribution in [0.15, 0.2) is 0 Å². The normalized spacial score (nSPS) is 26.6. The van der Waals surface area contributed by atoms with E-state index in [2.05, 4.69) is 10.2 Å². The predicted molar refractivity (Wildman–Crippen MR) is 67.0 cm³/mol. The maximum Gasteiger partial charge on any atom is 0.407 e. The van der Waals surface area contributed by atoms with E-state index >= 15 is 0 Å². The summed E-state index contributed by atoms with van der Waals surface area (Å²) in [5.41, 5.74) is -0.406. The number of hydrogen-bond donors (Lipinski definition) is 1. The number of hydrogen-bond acceptors (Lipinski definition) is 3. The Morgan fingerprint density at radius 2 is 2.00 bits per heavy atom. The highest BCUT2D eigenvalue weighted by atomic mass is 16.6. The van der Waals surface area contributed by atoms with Crippen LogP contribution in [0.1, 0.15) is 46.5 Å². The van der Waals surface area contributed by atoms with Crippen LogP contribution in [-0.4, -0.2) is 41.8 Å². The summed E-state index contributed by atoms with van der Waals surface area (Å²) in [6.07, 6.45) is 4.80. The van der Waals surface area contributed by atoms with Gasteiger partial charge in [-0.25, -0.2) is 4.79 Å². The third-order valence-corrected chi connectivity index (χ3v) is 3.53. The van der Waals surface area contributed by atoms with Gasteiger partial charge in [-0.2, -0.15) is 0 Å². The molecule has 4 nitrogen and oxygen atoms in total. The van der Waals surface area contributed by atoms with Crippen LogP contribution in [0.4, 0.5) is 4.79 Å². The van der Waals surface area contributed by atoms with Crippen molar-refractivity contribution in [3.63, 3.8) is 0 Å². The lowest BCUT2D eigenvalue weighted by Gasteiger charge is -2.34. The molecule has 2 rings (SSSR count). The number of carbonyl (C=O) groups is 1. The minimum absolute atomic E-state index is 0.269. The third-order valence-electron chi connectivity index (χ3n) is 3.53.